The van der Waals surface area contributed by atoms with E-state index >= 15 is 0 Å². The number of benzene rings is 2. The Morgan fingerprint density at radius 2 is 1.71 bits per heavy atom. The normalized spacial score (nSPS) is 25.7. The maximum atomic E-state index is 12.9. The van der Waals surface area contributed by atoms with Gasteiger partial charge >= 0.3 is 5.97 Å². The van der Waals surface area contributed by atoms with Gasteiger partial charge in [-0.15, -0.1) is 0 Å². The lowest BCUT2D eigenvalue weighted by Gasteiger charge is -2.04. The monoisotopic (exact) mass is 405 g/mol. The van der Waals surface area contributed by atoms with Gasteiger partial charge in [-0.3, -0.25) is 4.79 Å². The fourth-order valence-electron chi connectivity index (χ4n) is 3.08. The Labute approximate surface area is 147 Å². The molecule has 0 saturated heterocycles. The van der Waals surface area contributed by atoms with Gasteiger partial charge in [0.05, 0.1) is 11.0 Å². The maximum Gasteiger partial charge on any atom is 0.326 e. The zero-order chi connectivity index (χ0) is 17.5. The zero-order valence-electron chi connectivity index (χ0n) is 12.3. The number of hydrogen-bond donors (Lipinski definition) is 1. The molecule has 0 spiro atoms. The van der Waals surface area contributed by atoms with Crippen molar-refractivity contribution in [3.05, 3.63) is 64.6 Å². The van der Waals surface area contributed by atoms with Crippen molar-refractivity contribution in [2.75, 3.05) is 0 Å². The van der Waals surface area contributed by atoms with E-state index in [0.29, 0.717) is 5.56 Å². The molecule has 3 rings (SSSR count). The second-order valence-corrected chi connectivity index (χ2v) is 8.58. The molecular formula is C17H12BrNO4S. The number of sulfone groups is 1. The van der Waals surface area contributed by atoms with Crippen molar-refractivity contribution < 1.29 is 18.3 Å². The van der Waals surface area contributed by atoms with Gasteiger partial charge in [-0.2, -0.15) is 5.26 Å². The van der Waals surface area contributed by atoms with E-state index in [1.165, 1.54) is 12.1 Å². The van der Waals surface area contributed by atoms with Crippen molar-refractivity contribution in [2.24, 2.45) is 5.41 Å². The number of halogens is 1. The van der Waals surface area contributed by atoms with Crippen LogP contribution in [0.2, 0.25) is 0 Å². The van der Waals surface area contributed by atoms with Crippen LogP contribution in [0, 0.1) is 16.7 Å². The number of carbonyl (C=O) groups is 1. The third-order valence-corrected chi connectivity index (χ3v) is 7.08. The average Bonchev–Trinajstić information content (AvgIpc) is 3.28. The molecular weight excluding hydrogens is 394 g/mol. The van der Waals surface area contributed by atoms with Crippen LogP contribution in [0.1, 0.15) is 11.5 Å². The van der Waals surface area contributed by atoms with Crippen LogP contribution in [0.3, 0.4) is 0 Å². The second-order valence-electron chi connectivity index (χ2n) is 5.59. The smallest absolute Gasteiger partial charge is 0.326 e. The highest BCUT2D eigenvalue weighted by Crippen LogP contribution is 2.64. The molecule has 3 atom stereocenters. The number of nitrogens with zero attached hydrogens (tertiary/aromatic N) is 1. The van der Waals surface area contributed by atoms with Crippen molar-refractivity contribution in [3.8, 4) is 6.07 Å². The molecule has 1 aliphatic rings. The van der Waals surface area contributed by atoms with Gasteiger partial charge in [-0.1, -0.05) is 46.3 Å². The molecule has 24 heavy (non-hydrogen) atoms. The zero-order valence-corrected chi connectivity index (χ0v) is 14.7. The lowest BCUT2D eigenvalue weighted by atomic mass is 10.0. The molecule has 122 valence electrons. The fraction of sp³-hybridized carbons (Fsp3) is 0.176. The minimum atomic E-state index is -3.95. The highest BCUT2D eigenvalue weighted by Gasteiger charge is 2.77. The molecule has 0 aromatic heterocycles. The van der Waals surface area contributed by atoms with Gasteiger partial charge in [0.1, 0.15) is 5.25 Å². The van der Waals surface area contributed by atoms with Crippen LogP contribution >= 0.6 is 15.9 Å². The molecule has 0 bridgehead atoms. The van der Waals surface area contributed by atoms with E-state index in [1.54, 1.807) is 48.5 Å². The third-order valence-electron chi connectivity index (χ3n) is 4.31. The highest BCUT2D eigenvalue weighted by atomic mass is 79.9. The molecule has 2 aromatic rings. The summed E-state index contributed by atoms with van der Waals surface area (Å²) in [7, 11) is -3.95. The lowest BCUT2D eigenvalue weighted by Crippen LogP contribution is -2.22. The fourth-order valence-corrected chi connectivity index (χ4v) is 5.62. The topological polar surface area (TPSA) is 95.2 Å². The Hall–Kier alpha value is -2.17. The standard InChI is InChI=1S/C17H12BrNO4S/c18-12-8-6-11(7-9-12)14-15(17(14,10-19)16(20)21)24(22,23)13-4-2-1-3-5-13/h1-9,14-15H,(H,20,21). The van der Waals surface area contributed by atoms with Gasteiger partial charge < -0.3 is 5.11 Å². The molecule has 1 saturated carbocycles. The summed E-state index contributed by atoms with van der Waals surface area (Å²) in [4.78, 5) is 11.8. The van der Waals surface area contributed by atoms with Crippen molar-refractivity contribution >= 4 is 31.7 Å². The van der Waals surface area contributed by atoms with E-state index in [2.05, 4.69) is 15.9 Å². The summed E-state index contributed by atoms with van der Waals surface area (Å²) in [6.45, 7) is 0. The average molecular weight is 406 g/mol. The molecule has 0 aliphatic heterocycles. The molecule has 7 heteroatoms. The Kier molecular flexibility index (Phi) is 3.98. The number of nitriles is 1. The van der Waals surface area contributed by atoms with Gasteiger partial charge in [0, 0.05) is 10.4 Å². The number of carboxylic acid groups (broad SMARTS) is 1. The van der Waals surface area contributed by atoms with E-state index in [9.17, 15) is 23.6 Å². The quantitative estimate of drug-likeness (QED) is 0.843. The highest BCUT2D eigenvalue weighted by molar-refractivity contribution is 9.10. The van der Waals surface area contributed by atoms with E-state index in [0.717, 1.165) is 4.47 Å². The Morgan fingerprint density at radius 3 is 2.21 bits per heavy atom. The summed E-state index contributed by atoms with van der Waals surface area (Å²) >= 11 is 3.28. The molecule has 1 fully saturated rings. The number of hydrogen-bond acceptors (Lipinski definition) is 4. The van der Waals surface area contributed by atoms with Crippen LogP contribution in [0.4, 0.5) is 0 Å². The molecule has 0 radical (unpaired) electrons. The SMILES string of the molecule is N#CC1(C(=O)O)C(c2ccc(Br)cc2)C1S(=O)(=O)c1ccccc1. The predicted octanol–water partition coefficient (Wildman–Crippen LogP) is 2.98. The van der Waals surface area contributed by atoms with Crippen LogP contribution in [0.25, 0.3) is 0 Å². The molecule has 3 unspecified atom stereocenters. The first-order chi connectivity index (χ1) is 11.4. The Bertz CT molecular complexity index is 935. The largest absolute Gasteiger partial charge is 0.480 e. The third kappa shape index (κ3) is 2.34. The Morgan fingerprint density at radius 1 is 1.12 bits per heavy atom. The number of aliphatic carboxylic acids is 1. The summed E-state index contributed by atoms with van der Waals surface area (Å²) in [5.74, 6) is -2.32. The second kappa shape index (κ2) is 5.72. The summed E-state index contributed by atoms with van der Waals surface area (Å²) in [5.41, 5.74) is -1.45. The van der Waals surface area contributed by atoms with Gasteiger partial charge in [-0.05, 0) is 29.8 Å². The van der Waals surface area contributed by atoms with Crippen LogP contribution in [0.5, 0.6) is 0 Å². The first-order valence-electron chi connectivity index (χ1n) is 7.04. The number of carboxylic acids is 1. The van der Waals surface area contributed by atoms with E-state index < -0.39 is 32.4 Å². The first kappa shape index (κ1) is 16.7. The van der Waals surface area contributed by atoms with Crippen molar-refractivity contribution in [3.63, 3.8) is 0 Å². The van der Waals surface area contributed by atoms with E-state index in [-0.39, 0.29) is 4.90 Å². The summed E-state index contributed by atoms with van der Waals surface area (Å²) in [6, 6.07) is 16.1. The predicted molar refractivity (Wildman–Crippen MR) is 90.0 cm³/mol. The molecule has 0 heterocycles. The molecule has 5 nitrogen and oxygen atoms in total. The van der Waals surface area contributed by atoms with Gasteiger partial charge in [0.15, 0.2) is 15.3 Å². The molecule has 2 aromatic carbocycles. The van der Waals surface area contributed by atoms with Crippen LogP contribution < -0.4 is 0 Å². The first-order valence-corrected chi connectivity index (χ1v) is 9.38. The maximum absolute atomic E-state index is 12.9. The summed E-state index contributed by atoms with van der Waals surface area (Å²) in [6.07, 6.45) is 0. The van der Waals surface area contributed by atoms with E-state index in [4.69, 9.17) is 0 Å². The minimum absolute atomic E-state index is 0.0236. The van der Waals surface area contributed by atoms with Crippen molar-refractivity contribution in [2.45, 2.75) is 16.1 Å². The minimum Gasteiger partial charge on any atom is -0.480 e. The van der Waals surface area contributed by atoms with Gasteiger partial charge in [-0.25, -0.2) is 8.42 Å². The van der Waals surface area contributed by atoms with Crippen molar-refractivity contribution in [1.29, 1.82) is 5.26 Å². The molecule has 1 aliphatic carbocycles. The summed E-state index contributed by atoms with van der Waals surface area (Å²) in [5, 5.41) is 17.8. The number of rotatable bonds is 4. The van der Waals surface area contributed by atoms with Crippen molar-refractivity contribution in [1.82, 2.24) is 0 Å². The summed E-state index contributed by atoms with van der Waals surface area (Å²) < 4.78 is 26.6. The molecule has 1 N–H and O–H groups in total. The van der Waals surface area contributed by atoms with E-state index in [1.807, 2.05) is 0 Å². The van der Waals surface area contributed by atoms with Gasteiger partial charge in [0.2, 0.25) is 0 Å². The molecule has 0 amide bonds. The van der Waals surface area contributed by atoms with Crippen LogP contribution in [-0.2, 0) is 14.6 Å². The lowest BCUT2D eigenvalue weighted by molar-refractivity contribution is -0.141. The van der Waals surface area contributed by atoms with Crippen LogP contribution in [0.15, 0.2) is 64.0 Å². The van der Waals surface area contributed by atoms with Gasteiger partial charge in [0.25, 0.3) is 0 Å². The van der Waals surface area contributed by atoms with Crippen LogP contribution in [-0.4, -0.2) is 24.7 Å². The Balaban J connectivity index is 2.13.